The zero-order valence-corrected chi connectivity index (χ0v) is 19.4. The van der Waals surface area contributed by atoms with Crippen molar-refractivity contribution in [1.82, 2.24) is 14.9 Å². The van der Waals surface area contributed by atoms with E-state index >= 15 is 0 Å². The van der Waals surface area contributed by atoms with E-state index < -0.39 is 5.60 Å². The summed E-state index contributed by atoms with van der Waals surface area (Å²) in [5, 5.41) is 0. The van der Waals surface area contributed by atoms with Gasteiger partial charge in [0.25, 0.3) is 5.91 Å². The standard InChI is InChI=1S/C25H32N4O3/c1-17-20-15-21(30)29(14-12-18-9-6-5-7-10-18)23(20)27-22(26-17)19-11-8-13-28(16-19)24(31)25(2,3)32-4/h5-7,9-10,19H,8,11-16H2,1-4H3. The van der Waals surface area contributed by atoms with Gasteiger partial charge in [-0.3, -0.25) is 14.5 Å². The average Bonchev–Trinajstić information content (AvgIpc) is 3.13. The number of benzene rings is 1. The lowest BCUT2D eigenvalue weighted by Gasteiger charge is -2.36. The molecule has 0 N–H and O–H groups in total. The molecule has 1 fully saturated rings. The van der Waals surface area contributed by atoms with E-state index in [2.05, 4.69) is 12.1 Å². The van der Waals surface area contributed by atoms with Crippen LogP contribution >= 0.6 is 0 Å². The van der Waals surface area contributed by atoms with E-state index in [1.54, 1.807) is 25.9 Å². The van der Waals surface area contributed by atoms with Crippen LogP contribution in [-0.4, -0.2) is 59.0 Å². The second kappa shape index (κ2) is 8.98. The lowest BCUT2D eigenvalue weighted by Crippen LogP contribution is -2.49. The molecule has 0 radical (unpaired) electrons. The van der Waals surface area contributed by atoms with Crippen LogP contribution in [0.1, 0.15) is 55.3 Å². The molecule has 0 bridgehead atoms. The van der Waals surface area contributed by atoms with Crippen molar-refractivity contribution in [1.29, 1.82) is 0 Å². The Morgan fingerprint density at radius 3 is 2.69 bits per heavy atom. The highest BCUT2D eigenvalue weighted by Gasteiger charge is 2.37. The van der Waals surface area contributed by atoms with Crippen molar-refractivity contribution >= 4 is 17.6 Å². The number of amides is 2. The van der Waals surface area contributed by atoms with E-state index in [4.69, 9.17) is 14.7 Å². The van der Waals surface area contributed by atoms with Crippen molar-refractivity contribution in [2.75, 3.05) is 31.6 Å². The Morgan fingerprint density at radius 2 is 1.97 bits per heavy atom. The van der Waals surface area contributed by atoms with Crippen LogP contribution in [0, 0.1) is 6.92 Å². The van der Waals surface area contributed by atoms with Crippen molar-refractivity contribution < 1.29 is 14.3 Å². The summed E-state index contributed by atoms with van der Waals surface area (Å²) >= 11 is 0. The van der Waals surface area contributed by atoms with Crippen molar-refractivity contribution in [2.24, 2.45) is 0 Å². The highest BCUT2D eigenvalue weighted by atomic mass is 16.5. The summed E-state index contributed by atoms with van der Waals surface area (Å²) in [5.74, 6) is 1.59. The van der Waals surface area contributed by atoms with E-state index in [0.717, 1.165) is 42.2 Å². The van der Waals surface area contributed by atoms with Crippen LogP contribution in [0.25, 0.3) is 0 Å². The smallest absolute Gasteiger partial charge is 0.254 e. The molecule has 1 aromatic carbocycles. The lowest BCUT2D eigenvalue weighted by atomic mass is 9.95. The van der Waals surface area contributed by atoms with Gasteiger partial charge in [0, 0.05) is 43.9 Å². The van der Waals surface area contributed by atoms with Gasteiger partial charge in [0.1, 0.15) is 17.2 Å². The summed E-state index contributed by atoms with van der Waals surface area (Å²) in [6.45, 7) is 7.44. The Morgan fingerprint density at radius 1 is 1.22 bits per heavy atom. The largest absolute Gasteiger partial charge is 0.369 e. The zero-order chi connectivity index (χ0) is 22.9. The fraction of sp³-hybridized carbons (Fsp3) is 0.520. The highest BCUT2D eigenvalue weighted by Crippen LogP contribution is 2.33. The molecule has 0 aliphatic carbocycles. The maximum atomic E-state index is 12.9. The summed E-state index contributed by atoms with van der Waals surface area (Å²) in [6.07, 6.45) is 2.95. The predicted molar refractivity (Wildman–Crippen MR) is 123 cm³/mol. The Hall–Kier alpha value is -2.80. The number of hydrogen-bond donors (Lipinski definition) is 0. The molecule has 2 amide bonds. The molecule has 0 spiro atoms. The van der Waals surface area contributed by atoms with Crippen LogP contribution in [-0.2, 0) is 27.2 Å². The zero-order valence-electron chi connectivity index (χ0n) is 19.4. The number of aromatic nitrogens is 2. The number of likely N-dealkylation sites (tertiary alicyclic amines) is 1. The van der Waals surface area contributed by atoms with Crippen LogP contribution in [0.2, 0.25) is 0 Å². The molecule has 0 saturated carbocycles. The Kier molecular flexibility index (Phi) is 6.29. The minimum absolute atomic E-state index is 0.0118. The number of nitrogens with zero attached hydrogens (tertiary/aromatic N) is 4. The number of fused-ring (bicyclic) bond motifs is 1. The molecule has 1 unspecified atom stereocenters. The molecule has 4 rings (SSSR count). The molecule has 2 aliphatic heterocycles. The van der Waals surface area contributed by atoms with Crippen molar-refractivity contribution in [2.45, 2.75) is 58.0 Å². The van der Waals surface area contributed by atoms with Gasteiger partial charge in [0.05, 0.1) is 6.42 Å². The molecule has 3 heterocycles. The number of rotatable bonds is 6. The van der Waals surface area contributed by atoms with Gasteiger partial charge in [-0.05, 0) is 45.6 Å². The van der Waals surface area contributed by atoms with Gasteiger partial charge in [0.2, 0.25) is 5.91 Å². The number of piperidine rings is 1. The van der Waals surface area contributed by atoms with Gasteiger partial charge in [0.15, 0.2) is 0 Å². The van der Waals surface area contributed by atoms with E-state index in [-0.39, 0.29) is 17.7 Å². The average molecular weight is 437 g/mol. The summed E-state index contributed by atoms with van der Waals surface area (Å²) in [4.78, 5) is 39.0. The van der Waals surface area contributed by atoms with E-state index in [1.807, 2.05) is 30.0 Å². The van der Waals surface area contributed by atoms with Crippen LogP contribution in [0.3, 0.4) is 0 Å². The first-order valence-corrected chi connectivity index (χ1v) is 11.4. The summed E-state index contributed by atoms with van der Waals surface area (Å²) in [6, 6.07) is 10.2. The van der Waals surface area contributed by atoms with E-state index in [1.165, 1.54) is 5.56 Å². The van der Waals surface area contributed by atoms with Gasteiger partial charge in [-0.2, -0.15) is 0 Å². The number of carbonyl (C=O) groups is 2. The normalized spacial score (nSPS) is 18.8. The number of aryl methyl sites for hydroxylation is 1. The second-order valence-electron chi connectivity index (χ2n) is 9.23. The first-order chi connectivity index (χ1) is 15.3. The minimum atomic E-state index is -0.850. The van der Waals surface area contributed by atoms with Gasteiger partial charge >= 0.3 is 0 Å². The Bertz CT molecular complexity index is 1010. The Labute approximate surface area is 189 Å². The highest BCUT2D eigenvalue weighted by molar-refractivity contribution is 6.00. The second-order valence-corrected chi connectivity index (χ2v) is 9.23. The van der Waals surface area contributed by atoms with Crippen molar-refractivity contribution in [3.63, 3.8) is 0 Å². The number of methoxy groups -OCH3 is 1. The predicted octanol–water partition coefficient (Wildman–Crippen LogP) is 3.05. The van der Waals surface area contributed by atoms with Crippen LogP contribution in [0.5, 0.6) is 0 Å². The first kappa shape index (κ1) is 22.4. The number of anilines is 1. The molecule has 170 valence electrons. The van der Waals surface area contributed by atoms with Crippen molar-refractivity contribution in [3.05, 3.63) is 53.0 Å². The number of hydrogen-bond acceptors (Lipinski definition) is 5. The number of carbonyl (C=O) groups excluding carboxylic acids is 2. The molecule has 7 nitrogen and oxygen atoms in total. The van der Waals surface area contributed by atoms with Crippen LogP contribution < -0.4 is 4.90 Å². The summed E-state index contributed by atoms with van der Waals surface area (Å²) < 4.78 is 5.40. The molecule has 1 saturated heterocycles. The van der Waals surface area contributed by atoms with Gasteiger partial charge in [-0.15, -0.1) is 0 Å². The van der Waals surface area contributed by atoms with Gasteiger partial charge in [-0.25, -0.2) is 9.97 Å². The SMILES string of the molecule is COC(C)(C)C(=O)N1CCCC(c2nc(C)c3c(n2)N(CCc2ccccc2)C(=O)C3)C1. The maximum Gasteiger partial charge on any atom is 0.254 e. The molecule has 1 atom stereocenters. The molecule has 1 aromatic heterocycles. The molecular formula is C25H32N4O3. The van der Waals surface area contributed by atoms with Crippen LogP contribution in [0.4, 0.5) is 5.82 Å². The third kappa shape index (κ3) is 4.39. The quantitative estimate of drug-likeness (QED) is 0.696. The molecule has 2 aliphatic rings. The first-order valence-electron chi connectivity index (χ1n) is 11.4. The third-order valence-electron chi connectivity index (χ3n) is 6.66. The fourth-order valence-corrected chi connectivity index (χ4v) is 4.54. The summed E-state index contributed by atoms with van der Waals surface area (Å²) in [7, 11) is 1.56. The monoisotopic (exact) mass is 436 g/mol. The molecule has 32 heavy (non-hydrogen) atoms. The third-order valence-corrected chi connectivity index (χ3v) is 6.66. The van der Waals surface area contributed by atoms with Crippen molar-refractivity contribution in [3.8, 4) is 0 Å². The minimum Gasteiger partial charge on any atom is -0.369 e. The molecule has 2 aromatic rings. The van der Waals surface area contributed by atoms with Gasteiger partial charge in [-0.1, -0.05) is 30.3 Å². The maximum absolute atomic E-state index is 12.9. The molecule has 7 heteroatoms. The molecular weight excluding hydrogens is 404 g/mol. The summed E-state index contributed by atoms with van der Waals surface area (Å²) in [5.41, 5.74) is 2.14. The van der Waals surface area contributed by atoms with Gasteiger partial charge < -0.3 is 9.64 Å². The lowest BCUT2D eigenvalue weighted by molar-refractivity contribution is -0.152. The number of ether oxygens (including phenoxy) is 1. The fourth-order valence-electron chi connectivity index (χ4n) is 4.54. The van der Waals surface area contributed by atoms with Crippen LogP contribution in [0.15, 0.2) is 30.3 Å². The Balaban J connectivity index is 1.55. The topological polar surface area (TPSA) is 75.6 Å². The van der Waals surface area contributed by atoms with E-state index in [9.17, 15) is 9.59 Å². The van der Waals surface area contributed by atoms with E-state index in [0.29, 0.717) is 26.1 Å².